The Morgan fingerprint density at radius 1 is 1.40 bits per heavy atom. The molecule has 1 atom stereocenters. The standard InChI is InChI=1S/C17H18N4O3S/c18-11-13-3-4-14(15(10-13)21(22)23)19-12-16(17-2-1-9-25-17)20-5-7-24-8-6-20/h1-4,9-10,16,19H,5-8,12H2. The van der Waals surface area contributed by atoms with Crippen LogP contribution in [0, 0.1) is 21.4 Å². The van der Waals surface area contributed by atoms with Crippen molar-refractivity contribution < 1.29 is 9.66 Å². The van der Waals surface area contributed by atoms with E-state index >= 15 is 0 Å². The molecule has 1 fully saturated rings. The van der Waals surface area contributed by atoms with Crippen LogP contribution in [-0.4, -0.2) is 42.7 Å². The van der Waals surface area contributed by atoms with Crippen molar-refractivity contribution in [3.63, 3.8) is 0 Å². The van der Waals surface area contributed by atoms with Crippen LogP contribution in [0.4, 0.5) is 11.4 Å². The first-order valence-electron chi connectivity index (χ1n) is 7.96. The lowest BCUT2D eigenvalue weighted by Crippen LogP contribution is -2.41. The normalized spacial score (nSPS) is 16.1. The topological polar surface area (TPSA) is 91.4 Å². The maximum absolute atomic E-state index is 11.3. The van der Waals surface area contributed by atoms with Crippen LogP contribution in [0.5, 0.6) is 0 Å². The minimum Gasteiger partial charge on any atom is -0.379 e. The molecule has 25 heavy (non-hydrogen) atoms. The number of benzene rings is 1. The quantitative estimate of drug-likeness (QED) is 0.630. The first-order chi connectivity index (χ1) is 12.2. The fraction of sp³-hybridized carbons (Fsp3) is 0.353. The minimum atomic E-state index is -0.460. The van der Waals surface area contributed by atoms with E-state index in [1.807, 2.05) is 17.5 Å². The number of hydrogen-bond acceptors (Lipinski definition) is 7. The number of nitrogens with zero attached hydrogens (tertiary/aromatic N) is 3. The molecule has 0 radical (unpaired) electrons. The first kappa shape index (κ1) is 17.4. The van der Waals surface area contributed by atoms with Gasteiger partial charge in [-0.2, -0.15) is 5.26 Å². The van der Waals surface area contributed by atoms with Crippen LogP contribution >= 0.6 is 11.3 Å². The predicted molar refractivity (Wildman–Crippen MR) is 95.8 cm³/mol. The van der Waals surface area contributed by atoms with Crippen molar-refractivity contribution in [3.8, 4) is 6.07 Å². The molecule has 0 bridgehead atoms. The number of rotatable bonds is 6. The molecule has 0 saturated carbocycles. The van der Waals surface area contributed by atoms with E-state index in [0.717, 1.165) is 13.1 Å². The molecular formula is C17H18N4O3S. The van der Waals surface area contributed by atoms with Gasteiger partial charge in [-0.15, -0.1) is 11.3 Å². The van der Waals surface area contributed by atoms with E-state index in [9.17, 15) is 10.1 Å². The number of nitriles is 1. The van der Waals surface area contributed by atoms with Gasteiger partial charge in [0.25, 0.3) is 5.69 Å². The van der Waals surface area contributed by atoms with E-state index < -0.39 is 4.92 Å². The number of anilines is 1. The number of hydrogen-bond donors (Lipinski definition) is 1. The monoisotopic (exact) mass is 358 g/mol. The SMILES string of the molecule is N#Cc1ccc(NCC(c2cccs2)N2CCOCC2)c([N+](=O)[O-])c1. The lowest BCUT2D eigenvalue weighted by molar-refractivity contribution is -0.384. The van der Waals surface area contributed by atoms with Crippen molar-refractivity contribution in [2.45, 2.75) is 6.04 Å². The maximum Gasteiger partial charge on any atom is 0.293 e. The fourth-order valence-electron chi connectivity index (χ4n) is 2.89. The van der Waals surface area contributed by atoms with Crippen LogP contribution in [0.2, 0.25) is 0 Å². The van der Waals surface area contributed by atoms with Crippen molar-refractivity contribution in [1.29, 1.82) is 5.26 Å². The number of nitrogens with one attached hydrogen (secondary N) is 1. The molecule has 130 valence electrons. The lowest BCUT2D eigenvalue weighted by atomic mass is 10.1. The zero-order chi connectivity index (χ0) is 17.6. The van der Waals surface area contributed by atoms with Gasteiger partial charge >= 0.3 is 0 Å². The molecule has 1 aliphatic rings. The van der Waals surface area contributed by atoms with Crippen LogP contribution in [0.1, 0.15) is 16.5 Å². The van der Waals surface area contributed by atoms with Gasteiger partial charge in [-0.25, -0.2) is 0 Å². The second kappa shape index (κ2) is 8.07. The molecule has 2 heterocycles. The minimum absolute atomic E-state index is 0.0778. The zero-order valence-electron chi connectivity index (χ0n) is 13.6. The summed E-state index contributed by atoms with van der Waals surface area (Å²) in [5.41, 5.74) is 0.630. The number of thiophene rings is 1. The molecule has 0 spiro atoms. The lowest BCUT2D eigenvalue weighted by Gasteiger charge is -2.34. The van der Waals surface area contributed by atoms with Gasteiger partial charge in [0.1, 0.15) is 5.69 Å². The van der Waals surface area contributed by atoms with Gasteiger partial charge in [0.05, 0.1) is 35.8 Å². The molecule has 1 saturated heterocycles. The third-order valence-corrected chi connectivity index (χ3v) is 5.14. The molecule has 1 N–H and O–H groups in total. The largest absolute Gasteiger partial charge is 0.379 e. The van der Waals surface area contributed by atoms with Gasteiger partial charge in [-0.1, -0.05) is 6.07 Å². The smallest absolute Gasteiger partial charge is 0.293 e. The predicted octanol–water partition coefficient (Wildman–Crippen LogP) is 3.01. The van der Waals surface area contributed by atoms with Gasteiger partial charge in [0.15, 0.2) is 0 Å². The van der Waals surface area contributed by atoms with E-state index in [-0.39, 0.29) is 17.3 Å². The van der Waals surface area contributed by atoms with Crippen LogP contribution in [0.15, 0.2) is 35.7 Å². The zero-order valence-corrected chi connectivity index (χ0v) is 14.4. The van der Waals surface area contributed by atoms with Crippen molar-refractivity contribution in [2.75, 3.05) is 38.2 Å². The molecule has 0 aliphatic carbocycles. The van der Waals surface area contributed by atoms with Crippen LogP contribution in [0.25, 0.3) is 0 Å². The fourth-order valence-corrected chi connectivity index (χ4v) is 3.75. The highest BCUT2D eigenvalue weighted by atomic mass is 32.1. The van der Waals surface area contributed by atoms with Gasteiger partial charge in [0, 0.05) is 30.6 Å². The number of nitro groups is 1. The summed E-state index contributed by atoms with van der Waals surface area (Å²) in [4.78, 5) is 14.4. The molecule has 1 aromatic heterocycles. The van der Waals surface area contributed by atoms with Gasteiger partial charge in [0.2, 0.25) is 0 Å². The van der Waals surface area contributed by atoms with E-state index in [1.165, 1.54) is 10.9 Å². The van der Waals surface area contributed by atoms with E-state index in [2.05, 4.69) is 16.3 Å². The Morgan fingerprint density at radius 2 is 2.20 bits per heavy atom. The molecule has 2 aromatic rings. The summed E-state index contributed by atoms with van der Waals surface area (Å²) in [6.07, 6.45) is 0. The second-order valence-electron chi connectivity index (χ2n) is 5.66. The first-order valence-corrected chi connectivity index (χ1v) is 8.84. The highest BCUT2D eigenvalue weighted by Gasteiger charge is 2.24. The highest BCUT2D eigenvalue weighted by molar-refractivity contribution is 7.10. The number of nitro benzene ring substituents is 1. The van der Waals surface area contributed by atoms with Crippen LogP contribution < -0.4 is 5.32 Å². The maximum atomic E-state index is 11.3. The van der Waals surface area contributed by atoms with Crippen molar-refractivity contribution in [2.24, 2.45) is 0 Å². The Morgan fingerprint density at radius 3 is 2.84 bits per heavy atom. The molecule has 7 nitrogen and oxygen atoms in total. The summed E-state index contributed by atoms with van der Waals surface area (Å²) in [5.74, 6) is 0. The van der Waals surface area contributed by atoms with Crippen molar-refractivity contribution in [3.05, 3.63) is 56.3 Å². The van der Waals surface area contributed by atoms with Gasteiger partial charge < -0.3 is 10.1 Å². The van der Waals surface area contributed by atoms with E-state index in [1.54, 1.807) is 23.5 Å². The Bertz CT molecular complexity index is 767. The molecule has 1 aromatic carbocycles. The highest BCUT2D eigenvalue weighted by Crippen LogP contribution is 2.29. The Hall–Kier alpha value is -2.47. The Balaban J connectivity index is 1.79. The number of ether oxygens (including phenoxy) is 1. The molecule has 0 amide bonds. The average molecular weight is 358 g/mol. The molecular weight excluding hydrogens is 340 g/mol. The Kier molecular flexibility index (Phi) is 5.60. The van der Waals surface area contributed by atoms with E-state index in [0.29, 0.717) is 25.4 Å². The van der Waals surface area contributed by atoms with Crippen molar-refractivity contribution in [1.82, 2.24) is 4.90 Å². The number of morpholine rings is 1. The van der Waals surface area contributed by atoms with Gasteiger partial charge in [-0.05, 0) is 23.6 Å². The third kappa shape index (κ3) is 4.14. The summed E-state index contributed by atoms with van der Waals surface area (Å²) in [6.45, 7) is 3.60. The summed E-state index contributed by atoms with van der Waals surface area (Å²) in [5, 5.41) is 25.5. The molecule has 1 unspecified atom stereocenters. The average Bonchev–Trinajstić information content (AvgIpc) is 3.17. The molecule has 8 heteroatoms. The molecule has 1 aliphatic heterocycles. The Labute approximate surface area is 149 Å². The van der Waals surface area contributed by atoms with Crippen LogP contribution in [0.3, 0.4) is 0 Å². The van der Waals surface area contributed by atoms with E-state index in [4.69, 9.17) is 10.00 Å². The van der Waals surface area contributed by atoms with Crippen LogP contribution in [-0.2, 0) is 4.74 Å². The summed E-state index contributed by atoms with van der Waals surface area (Å²) in [7, 11) is 0. The summed E-state index contributed by atoms with van der Waals surface area (Å²) >= 11 is 1.68. The van der Waals surface area contributed by atoms with Gasteiger partial charge in [-0.3, -0.25) is 15.0 Å². The molecule has 3 rings (SSSR count). The third-order valence-electron chi connectivity index (χ3n) is 4.17. The summed E-state index contributed by atoms with van der Waals surface area (Å²) in [6, 6.07) is 10.6. The second-order valence-corrected chi connectivity index (χ2v) is 6.64. The van der Waals surface area contributed by atoms with Crippen molar-refractivity contribution >= 4 is 22.7 Å². The summed E-state index contributed by atoms with van der Waals surface area (Å²) < 4.78 is 5.43.